The Kier molecular flexibility index (Phi) is 98.2. The average Bonchev–Trinajstić information content (AvgIpc) is 1.61. The molecule has 0 aromatic heterocycles. The van der Waals surface area contributed by atoms with Crippen molar-refractivity contribution in [1.82, 2.24) is 0 Å². The molecule has 10 heavy (non-hydrogen) atoms. The van der Waals surface area contributed by atoms with Gasteiger partial charge in [-0.3, -0.25) is 0 Å². The Morgan fingerprint density at radius 3 is 1.70 bits per heavy atom. The zero-order chi connectivity index (χ0) is 4.83. The summed E-state index contributed by atoms with van der Waals surface area (Å²) in [5.41, 5.74) is 0. The Morgan fingerprint density at radius 1 is 1.20 bits per heavy atom. The number of hydrogen-bond donors (Lipinski definition) is 0. The van der Waals surface area contributed by atoms with Crippen LogP contribution in [0.2, 0.25) is 0 Å². The van der Waals surface area contributed by atoms with Crippen molar-refractivity contribution in [2.45, 2.75) is 0 Å². The van der Waals surface area contributed by atoms with Gasteiger partial charge < -0.3 is 32.7 Å². The van der Waals surface area contributed by atoms with Gasteiger partial charge >= 0.3 is 21.1 Å². The van der Waals surface area contributed by atoms with E-state index in [1.807, 2.05) is 0 Å². The molecule has 0 saturated carbocycles. The SMILES string of the molecule is [CH-]=CCOC=[CH-].[CH3-].[CH3-].[W+2].[Y]. The molecule has 57 valence electrons. The fourth-order valence-corrected chi connectivity index (χ4v) is 0.111. The molecule has 0 spiro atoms. The first-order valence-electron chi connectivity index (χ1n) is 1.60. The molecule has 0 aromatic carbocycles. The van der Waals surface area contributed by atoms with Gasteiger partial charge in [-0.05, 0) is 0 Å². The van der Waals surface area contributed by atoms with Gasteiger partial charge in [0.2, 0.25) is 0 Å². The Bertz CT molecular complexity index is 49.6. The summed E-state index contributed by atoms with van der Waals surface area (Å²) in [4.78, 5) is 0. The summed E-state index contributed by atoms with van der Waals surface area (Å²) in [6.07, 6.45) is 2.48. The van der Waals surface area contributed by atoms with Gasteiger partial charge in [0, 0.05) is 32.7 Å². The van der Waals surface area contributed by atoms with Gasteiger partial charge in [0.05, 0.1) is 6.61 Å². The van der Waals surface area contributed by atoms with Gasteiger partial charge in [-0.1, -0.05) is 0 Å². The molecule has 1 nitrogen and oxygen atoms in total. The molecule has 0 rings (SSSR count). The molecule has 0 amide bonds. The minimum atomic E-state index is 0. The Balaban J connectivity index is -0.0000000208. The van der Waals surface area contributed by atoms with Gasteiger partial charge in [0.15, 0.2) is 0 Å². The predicted octanol–water partition coefficient (Wildman–Crippen LogP) is 1.83. The van der Waals surface area contributed by atoms with Crippen molar-refractivity contribution in [3.8, 4) is 0 Å². The van der Waals surface area contributed by atoms with Crippen molar-refractivity contribution in [3.63, 3.8) is 0 Å². The molecule has 0 atom stereocenters. The third kappa shape index (κ3) is 35.6. The fraction of sp³-hybridized carbons (Fsp3) is 0.143. The van der Waals surface area contributed by atoms with E-state index in [0.717, 1.165) is 6.26 Å². The quantitative estimate of drug-likeness (QED) is 0.410. The molecule has 0 unspecified atom stereocenters. The molecule has 0 saturated heterocycles. The molecular formula is C7H12OWY-2. The summed E-state index contributed by atoms with van der Waals surface area (Å²) < 4.78 is 4.45. The molecule has 0 heterocycles. The Morgan fingerprint density at radius 2 is 1.60 bits per heavy atom. The minimum absolute atomic E-state index is 0. The molecule has 3 heteroatoms. The second-order valence-corrected chi connectivity index (χ2v) is 0.705. The number of rotatable bonds is 3. The van der Waals surface area contributed by atoms with Gasteiger partial charge in [-0.25, -0.2) is 6.08 Å². The number of hydrogen-bond acceptors (Lipinski definition) is 1. The second kappa shape index (κ2) is 32.2. The van der Waals surface area contributed by atoms with Crippen LogP contribution in [0.25, 0.3) is 0 Å². The average molecular weight is 385 g/mol. The van der Waals surface area contributed by atoms with E-state index < -0.39 is 0 Å². The molecule has 0 aliphatic rings. The van der Waals surface area contributed by atoms with Gasteiger partial charge in [0.25, 0.3) is 0 Å². The standard InChI is InChI=1S/C5H6O.2CH3.W.Y/c1-3-5-6-4-2;;;;/h1-4H,5H2;2*1H3;;/q-2;2*-1;+2;. The largest absolute Gasteiger partial charge is 2.00 e. The Hall–Kier alpha value is 1.07. The monoisotopic (exact) mass is 385 g/mol. The third-order valence-electron chi connectivity index (χ3n) is 0.289. The van der Waals surface area contributed by atoms with E-state index in [4.69, 9.17) is 13.2 Å². The maximum absolute atomic E-state index is 4.89. The van der Waals surface area contributed by atoms with Crippen molar-refractivity contribution < 1.29 is 58.5 Å². The van der Waals surface area contributed by atoms with Gasteiger partial charge in [-0.2, -0.15) is 0 Å². The van der Waals surface area contributed by atoms with E-state index in [9.17, 15) is 0 Å². The van der Waals surface area contributed by atoms with Crippen LogP contribution in [0.3, 0.4) is 0 Å². The predicted molar refractivity (Wildman–Crippen MR) is 36.5 cm³/mol. The summed E-state index contributed by atoms with van der Waals surface area (Å²) in [6, 6.07) is 0. The van der Waals surface area contributed by atoms with Crippen LogP contribution in [0.5, 0.6) is 0 Å². The smallest absolute Gasteiger partial charge is 0.537 e. The molecule has 0 N–H and O–H groups in total. The van der Waals surface area contributed by atoms with E-state index in [0.29, 0.717) is 6.61 Å². The van der Waals surface area contributed by atoms with Crippen LogP contribution in [0.1, 0.15) is 0 Å². The van der Waals surface area contributed by atoms with Gasteiger partial charge in [-0.15, -0.1) is 6.26 Å². The van der Waals surface area contributed by atoms with Gasteiger partial charge in [0.1, 0.15) is 0 Å². The molecule has 0 aromatic rings. The first kappa shape index (κ1) is 30.5. The summed E-state index contributed by atoms with van der Waals surface area (Å²) in [7, 11) is 0. The molecule has 1 radical (unpaired) electrons. The van der Waals surface area contributed by atoms with E-state index in [1.165, 1.54) is 6.08 Å². The van der Waals surface area contributed by atoms with Crippen LogP contribution < -0.4 is 0 Å². The third-order valence-corrected chi connectivity index (χ3v) is 0.289. The first-order chi connectivity index (χ1) is 2.91. The maximum atomic E-state index is 4.89. The molecule has 0 aliphatic carbocycles. The van der Waals surface area contributed by atoms with Crippen molar-refractivity contribution in [3.05, 3.63) is 40.3 Å². The topological polar surface area (TPSA) is 9.23 Å². The molecule has 0 aliphatic heterocycles. The number of ether oxygens (including phenoxy) is 1. The van der Waals surface area contributed by atoms with Crippen LogP contribution in [0.4, 0.5) is 0 Å². The minimum Gasteiger partial charge on any atom is -0.537 e. The molecule has 0 bridgehead atoms. The van der Waals surface area contributed by atoms with E-state index in [2.05, 4.69) is 4.74 Å². The second-order valence-electron chi connectivity index (χ2n) is 0.705. The van der Waals surface area contributed by atoms with E-state index >= 15 is 0 Å². The summed E-state index contributed by atoms with van der Waals surface area (Å²) >= 11 is 0. The normalized spacial score (nSPS) is 4.00. The van der Waals surface area contributed by atoms with Crippen LogP contribution >= 0.6 is 0 Å². The van der Waals surface area contributed by atoms with Crippen LogP contribution in [0.15, 0.2) is 12.3 Å². The first-order valence-corrected chi connectivity index (χ1v) is 1.60. The zero-order valence-electron chi connectivity index (χ0n) is 6.41. The van der Waals surface area contributed by atoms with Crippen LogP contribution in [-0.4, -0.2) is 6.61 Å². The molecular weight excluding hydrogens is 373 g/mol. The van der Waals surface area contributed by atoms with Crippen molar-refractivity contribution >= 4 is 0 Å². The van der Waals surface area contributed by atoms with Crippen LogP contribution in [0, 0.1) is 28.0 Å². The fourth-order valence-electron chi connectivity index (χ4n) is 0.111. The zero-order valence-corrected chi connectivity index (χ0v) is 12.2. The van der Waals surface area contributed by atoms with Crippen molar-refractivity contribution in [1.29, 1.82) is 0 Å². The summed E-state index contributed by atoms with van der Waals surface area (Å²) in [6.45, 7) is 10.1. The van der Waals surface area contributed by atoms with Crippen molar-refractivity contribution in [2.75, 3.05) is 6.61 Å². The van der Waals surface area contributed by atoms with Crippen molar-refractivity contribution in [2.24, 2.45) is 0 Å². The summed E-state index contributed by atoms with van der Waals surface area (Å²) in [5.74, 6) is 0. The van der Waals surface area contributed by atoms with Crippen LogP contribution in [-0.2, 0) is 58.5 Å². The molecule has 0 fully saturated rings. The Labute approximate surface area is 104 Å². The summed E-state index contributed by atoms with van der Waals surface area (Å²) in [5, 5.41) is 0. The maximum Gasteiger partial charge on any atom is 2.00 e. The van der Waals surface area contributed by atoms with E-state index in [1.54, 1.807) is 0 Å². The van der Waals surface area contributed by atoms with E-state index in [-0.39, 0.29) is 68.6 Å².